The quantitative estimate of drug-likeness (QED) is 0.368. The lowest BCUT2D eigenvalue weighted by Crippen LogP contribution is -2.30. The van der Waals surface area contributed by atoms with Gasteiger partial charge in [0.05, 0.1) is 0 Å². The van der Waals surface area contributed by atoms with E-state index in [9.17, 15) is 0 Å². The van der Waals surface area contributed by atoms with E-state index in [-0.39, 0.29) is 0 Å². The predicted molar refractivity (Wildman–Crippen MR) is 118 cm³/mol. The number of pyridine rings is 1. The maximum atomic E-state index is 2.30. The van der Waals surface area contributed by atoms with E-state index in [0.717, 1.165) is 0 Å². The van der Waals surface area contributed by atoms with Crippen LogP contribution in [0.25, 0.3) is 33.5 Å². The van der Waals surface area contributed by atoms with Gasteiger partial charge in [-0.3, -0.25) is 0 Å². The number of rotatable bonds is 3. The molecule has 1 nitrogen and oxygen atoms in total. The normalized spacial score (nSPS) is 10.9. The molecule has 0 aliphatic carbocycles. The summed E-state index contributed by atoms with van der Waals surface area (Å²) in [5.74, 6) is 0. The minimum absolute atomic E-state index is 1.23. The molecule has 0 aliphatic heterocycles. The van der Waals surface area contributed by atoms with Crippen LogP contribution in [0.15, 0.2) is 85.1 Å². The molecule has 0 aliphatic rings. The summed E-state index contributed by atoms with van der Waals surface area (Å²) in [6.45, 7) is 6.65. The fourth-order valence-corrected chi connectivity index (χ4v) is 4.04. The third-order valence-electron chi connectivity index (χ3n) is 5.62. The monoisotopic (exact) mass is 364 g/mol. The van der Waals surface area contributed by atoms with Crippen molar-refractivity contribution in [2.24, 2.45) is 7.05 Å². The topological polar surface area (TPSA) is 3.88 Å². The fraction of sp³-hybridized carbons (Fsp3) is 0.148. The Balaban J connectivity index is 1.92. The first-order chi connectivity index (χ1) is 13.6. The molecule has 1 aromatic heterocycles. The van der Waals surface area contributed by atoms with Crippen molar-refractivity contribution < 1.29 is 4.57 Å². The fourth-order valence-electron chi connectivity index (χ4n) is 4.04. The Kier molecular flexibility index (Phi) is 4.83. The molecule has 1 heterocycles. The second kappa shape index (κ2) is 7.44. The van der Waals surface area contributed by atoms with E-state index < -0.39 is 0 Å². The van der Waals surface area contributed by atoms with Gasteiger partial charge in [0.25, 0.3) is 0 Å². The van der Waals surface area contributed by atoms with Crippen LogP contribution in [-0.4, -0.2) is 0 Å². The van der Waals surface area contributed by atoms with Crippen LogP contribution in [0.2, 0.25) is 0 Å². The van der Waals surface area contributed by atoms with Gasteiger partial charge in [0.1, 0.15) is 7.05 Å². The minimum atomic E-state index is 1.23. The molecule has 138 valence electrons. The van der Waals surface area contributed by atoms with E-state index in [1.807, 2.05) is 0 Å². The summed E-state index contributed by atoms with van der Waals surface area (Å²) in [5.41, 5.74) is 11.6. The Morgan fingerprint density at radius 1 is 0.607 bits per heavy atom. The number of nitrogens with zero attached hydrogens (tertiary/aromatic N) is 1. The van der Waals surface area contributed by atoms with Crippen molar-refractivity contribution in [3.63, 3.8) is 0 Å². The van der Waals surface area contributed by atoms with E-state index in [0.29, 0.717) is 0 Å². The van der Waals surface area contributed by atoms with Gasteiger partial charge < -0.3 is 0 Å². The average Bonchev–Trinajstić information content (AvgIpc) is 2.71. The summed E-state index contributed by atoms with van der Waals surface area (Å²) >= 11 is 0. The Morgan fingerprint density at radius 2 is 1.32 bits per heavy atom. The van der Waals surface area contributed by atoms with Crippen molar-refractivity contribution in [1.82, 2.24) is 0 Å². The molecule has 4 aromatic rings. The largest absolute Gasteiger partial charge is 0.213 e. The summed E-state index contributed by atoms with van der Waals surface area (Å²) in [7, 11) is 2.12. The number of hydrogen-bond acceptors (Lipinski definition) is 0. The molecule has 0 saturated heterocycles. The molecule has 28 heavy (non-hydrogen) atoms. The smallest absolute Gasteiger partial charge is 0.201 e. The lowest BCUT2D eigenvalue weighted by Gasteiger charge is -2.16. The van der Waals surface area contributed by atoms with Crippen molar-refractivity contribution in [2.75, 3.05) is 0 Å². The zero-order valence-corrected chi connectivity index (χ0v) is 17.0. The number of aromatic nitrogens is 1. The summed E-state index contributed by atoms with van der Waals surface area (Å²) in [5, 5.41) is 0. The third kappa shape index (κ3) is 3.25. The molecule has 0 radical (unpaired) electrons. The average molecular weight is 365 g/mol. The SMILES string of the molecule is Cc1ccccc1-c1c(C)ccc(-c2cc(-c3ccccc3)cc[n+]2C)c1C. The molecule has 0 amide bonds. The van der Waals surface area contributed by atoms with Gasteiger partial charge in [-0.05, 0) is 65.8 Å². The van der Waals surface area contributed by atoms with Crippen molar-refractivity contribution in [1.29, 1.82) is 0 Å². The highest BCUT2D eigenvalue weighted by Gasteiger charge is 2.18. The van der Waals surface area contributed by atoms with Gasteiger partial charge in [-0.2, -0.15) is 0 Å². The highest BCUT2D eigenvalue weighted by atomic mass is 14.9. The Bertz CT molecular complexity index is 1140. The summed E-state index contributed by atoms with van der Waals surface area (Å²) in [6.07, 6.45) is 2.16. The van der Waals surface area contributed by atoms with E-state index in [1.54, 1.807) is 0 Å². The Morgan fingerprint density at radius 3 is 2.07 bits per heavy atom. The summed E-state index contributed by atoms with van der Waals surface area (Å²) in [6, 6.07) is 28.2. The van der Waals surface area contributed by atoms with E-state index >= 15 is 0 Å². The van der Waals surface area contributed by atoms with E-state index in [1.165, 1.54) is 50.2 Å². The molecular formula is C27H26N+. The zero-order valence-electron chi connectivity index (χ0n) is 17.0. The van der Waals surface area contributed by atoms with Crippen molar-refractivity contribution in [2.45, 2.75) is 20.8 Å². The number of aryl methyl sites for hydroxylation is 3. The maximum absolute atomic E-state index is 2.30. The minimum Gasteiger partial charge on any atom is -0.201 e. The molecule has 3 aromatic carbocycles. The zero-order chi connectivity index (χ0) is 19.7. The molecule has 0 N–H and O–H groups in total. The Labute approximate surface area is 167 Å². The van der Waals surface area contributed by atoms with Crippen LogP contribution in [0.3, 0.4) is 0 Å². The van der Waals surface area contributed by atoms with Crippen LogP contribution < -0.4 is 4.57 Å². The molecule has 4 rings (SSSR count). The lowest BCUT2D eigenvalue weighted by molar-refractivity contribution is -0.660. The van der Waals surface area contributed by atoms with Gasteiger partial charge in [0, 0.05) is 17.7 Å². The van der Waals surface area contributed by atoms with E-state index in [2.05, 4.69) is 117 Å². The van der Waals surface area contributed by atoms with Crippen molar-refractivity contribution in [3.05, 3.63) is 102 Å². The van der Waals surface area contributed by atoms with Gasteiger partial charge >= 0.3 is 0 Å². The van der Waals surface area contributed by atoms with Crippen LogP contribution >= 0.6 is 0 Å². The summed E-state index contributed by atoms with van der Waals surface area (Å²) < 4.78 is 2.21. The van der Waals surface area contributed by atoms with Crippen LogP contribution in [0.5, 0.6) is 0 Å². The van der Waals surface area contributed by atoms with Crippen molar-refractivity contribution >= 4 is 0 Å². The van der Waals surface area contributed by atoms with Gasteiger partial charge in [-0.1, -0.05) is 60.7 Å². The van der Waals surface area contributed by atoms with Crippen molar-refractivity contribution in [3.8, 4) is 33.5 Å². The highest BCUT2D eigenvalue weighted by molar-refractivity contribution is 5.81. The predicted octanol–water partition coefficient (Wildman–Crippen LogP) is 6.44. The van der Waals surface area contributed by atoms with Crippen LogP contribution in [0.4, 0.5) is 0 Å². The molecular weight excluding hydrogens is 338 g/mol. The molecule has 0 spiro atoms. The molecule has 0 fully saturated rings. The van der Waals surface area contributed by atoms with Gasteiger partial charge in [-0.15, -0.1) is 0 Å². The van der Waals surface area contributed by atoms with Gasteiger partial charge in [0.2, 0.25) is 5.69 Å². The molecule has 1 heteroatoms. The molecule has 0 unspecified atom stereocenters. The second-order valence-electron chi connectivity index (χ2n) is 7.52. The van der Waals surface area contributed by atoms with Gasteiger partial charge in [-0.25, -0.2) is 4.57 Å². The van der Waals surface area contributed by atoms with Crippen LogP contribution in [0.1, 0.15) is 16.7 Å². The molecule has 0 saturated carbocycles. The molecule has 0 atom stereocenters. The third-order valence-corrected chi connectivity index (χ3v) is 5.62. The van der Waals surface area contributed by atoms with Crippen LogP contribution in [0, 0.1) is 20.8 Å². The number of benzene rings is 3. The maximum Gasteiger partial charge on any atom is 0.213 e. The highest BCUT2D eigenvalue weighted by Crippen LogP contribution is 2.35. The first kappa shape index (κ1) is 18.2. The summed E-state index contributed by atoms with van der Waals surface area (Å²) in [4.78, 5) is 0. The molecule has 0 bridgehead atoms. The lowest BCUT2D eigenvalue weighted by atomic mass is 9.88. The Hall–Kier alpha value is -3.19. The second-order valence-corrected chi connectivity index (χ2v) is 7.52. The standard InChI is InChI=1S/C27H26N/c1-19-10-8-9-13-24(19)27-20(2)14-15-25(21(27)3)26-18-23(16-17-28(26)4)22-11-6-5-7-12-22/h5-18H,1-4H3/q+1. The van der Waals surface area contributed by atoms with E-state index in [4.69, 9.17) is 0 Å². The van der Waals surface area contributed by atoms with Crippen LogP contribution in [-0.2, 0) is 7.05 Å². The first-order valence-electron chi connectivity index (χ1n) is 9.78. The number of hydrogen-bond donors (Lipinski definition) is 0. The first-order valence-corrected chi connectivity index (χ1v) is 9.78. The van der Waals surface area contributed by atoms with Gasteiger partial charge in [0.15, 0.2) is 6.20 Å².